The maximum absolute atomic E-state index is 5.16. The highest BCUT2D eigenvalue weighted by molar-refractivity contribution is 7.13. The number of thiazole rings is 1. The summed E-state index contributed by atoms with van der Waals surface area (Å²) in [6.45, 7) is 1.11. The number of nitrogens with one attached hydrogen (secondary N) is 1. The van der Waals surface area contributed by atoms with Crippen LogP contribution < -0.4 is 10.1 Å². The predicted molar refractivity (Wildman–Crippen MR) is 74.1 cm³/mol. The third-order valence-corrected chi connectivity index (χ3v) is 4.19. The minimum atomic E-state index is 0.452. The lowest BCUT2D eigenvalue weighted by Gasteiger charge is -2.05. The Morgan fingerprint density at radius 1 is 1.33 bits per heavy atom. The molecule has 1 saturated heterocycles. The smallest absolute Gasteiger partial charge is 0.123 e. The Labute approximate surface area is 111 Å². The van der Waals surface area contributed by atoms with Gasteiger partial charge in [-0.2, -0.15) is 0 Å². The van der Waals surface area contributed by atoms with Crippen LogP contribution in [0.2, 0.25) is 0 Å². The molecule has 1 aromatic carbocycles. The molecule has 0 unspecified atom stereocenters. The van der Waals surface area contributed by atoms with Crippen LogP contribution in [0.25, 0.3) is 10.6 Å². The third-order valence-electron chi connectivity index (χ3n) is 3.28. The van der Waals surface area contributed by atoms with Gasteiger partial charge in [0.25, 0.3) is 0 Å². The number of methoxy groups -OCH3 is 1. The molecule has 1 atom stereocenters. The van der Waals surface area contributed by atoms with Gasteiger partial charge in [0.15, 0.2) is 0 Å². The molecule has 0 bridgehead atoms. The van der Waals surface area contributed by atoms with E-state index < -0.39 is 0 Å². The highest BCUT2D eigenvalue weighted by atomic mass is 32.1. The molecular weight excluding hydrogens is 244 g/mol. The summed E-state index contributed by atoms with van der Waals surface area (Å²) >= 11 is 1.71. The van der Waals surface area contributed by atoms with Gasteiger partial charge in [0.2, 0.25) is 0 Å². The van der Waals surface area contributed by atoms with Gasteiger partial charge in [-0.25, -0.2) is 4.98 Å². The molecule has 0 radical (unpaired) electrons. The van der Waals surface area contributed by atoms with Crippen molar-refractivity contribution in [2.24, 2.45) is 0 Å². The van der Waals surface area contributed by atoms with Crippen LogP contribution in [0.4, 0.5) is 0 Å². The first-order valence-corrected chi connectivity index (χ1v) is 7.08. The fraction of sp³-hybridized carbons (Fsp3) is 0.357. The molecule has 94 valence electrons. The Kier molecular flexibility index (Phi) is 3.30. The van der Waals surface area contributed by atoms with E-state index in [1.807, 2.05) is 12.1 Å². The predicted octanol–water partition coefficient (Wildman–Crippen LogP) is 3.24. The Morgan fingerprint density at radius 3 is 2.83 bits per heavy atom. The number of benzene rings is 1. The molecule has 0 amide bonds. The van der Waals surface area contributed by atoms with Crippen molar-refractivity contribution in [3.8, 4) is 16.3 Å². The lowest BCUT2D eigenvalue weighted by molar-refractivity contribution is 0.415. The number of hydrogen-bond donors (Lipinski definition) is 1. The zero-order valence-electron chi connectivity index (χ0n) is 10.3. The standard InChI is InChI=1S/C14H16N2OS/c1-17-11-6-4-10(5-7-11)14-16-13(9-18-14)12-3-2-8-15-12/h4-7,9,12,15H,2-3,8H2,1H3/t12-/m0/s1. The van der Waals surface area contributed by atoms with Gasteiger partial charge >= 0.3 is 0 Å². The third kappa shape index (κ3) is 2.26. The van der Waals surface area contributed by atoms with Gasteiger partial charge in [0.1, 0.15) is 10.8 Å². The van der Waals surface area contributed by atoms with Crippen molar-refractivity contribution in [3.63, 3.8) is 0 Å². The van der Waals surface area contributed by atoms with Crippen molar-refractivity contribution in [2.45, 2.75) is 18.9 Å². The van der Waals surface area contributed by atoms with Gasteiger partial charge in [-0.05, 0) is 43.7 Å². The molecule has 1 aromatic heterocycles. The zero-order valence-corrected chi connectivity index (χ0v) is 11.2. The summed E-state index contributed by atoms with van der Waals surface area (Å²) in [5.74, 6) is 0.882. The fourth-order valence-electron chi connectivity index (χ4n) is 2.25. The molecule has 1 N–H and O–H groups in total. The van der Waals surface area contributed by atoms with E-state index in [4.69, 9.17) is 9.72 Å². The molecule has 3 nitrogen and oxygen atoms in total. The van der Waals surface area contributed by atoms with Gasteiger partial charge in [0, 0.05) is 10.9 Å². The first-order chi connectivity index (χ1) is 8.86. The van der Waals surface area contributed by atoms with Crippen LogP contribution in [0.15, 0.2) is 29.6 Å². The summed E-state index contributed by atoms with van der Waals surface area (Å²) in [4.78, 5) is 4.73. The Morgan fingerprint density at radius 2 is 2.17 bits per heavy atom. The van der Waals surface area contributed by atoms with Crippen molar-refractivity contribution < 1.29 is 4.74 Å². The highest BCUT2D eigenvalue weighted by Crippen LogP contribution is 2.30. The zero-order chi connectivity index (χ0) is 12.4. The number of aromatic nitrogens is 1. The van der Waals surface area contributed by atoms with Crippen LogP contribution >= 0.6 is 11.3 Å². The van der Waals surface area contributed by atoms with E-state index >= 15 is 0 Å². The van der Waals surface area contributed by atoms with Gasteiger partial charge in [0.05, 0.1) is 18.8 Å². The lowest BCUT2D eigenvalue weighted by Crippen LogP contribution is -2.12. The second-order valence-corrected chi connectivity index (χ2v) is 5.31. The molecule has 3 rings (SSSR count). The van der Waals surface area contributed by atoms with Crippen molar-refractivity contribution in [1.29, 1.82) is 0 Å². The van der Waals surface area contributed by atoms with Crippen LogP contribution in [0.3, 0.4) is 0 Å². The van der Waals surface area contributed by atoms with Crippen molar-refractivity contribution in [1.82, 2.24) is 10.3 Å². The van der Waals surface area contributed by atoms with E-state index in [0.29, 0.717) is 6.04 Å². The summed E-state index contributed by atoms with van der Waals surface area (Å²) in [5, 5.41) is 6.73. The van der Waals surface area contributed by atoms with E-state index in [0.717, 1.165) is 22.9 Å². The average Bonchev–Trinajstić information content (AvgIpc) is 3.09. The minimum absolute atomic E-state index is 0.452. The first kappa shape index (κ1) is 11.7. The molecule has 0 aliphatic carbocycles. The monoisotopic (exact) mass is 260 g/mol. The normalized spacial score (nSPS) is 19.1. The van der Waals surface area contributed by atoms with Gasteiger partial charge in [-0.15, -0.1) is 11.3 Å². The minimum Gasteiger partial charge on any atom is -0.497 e. The van der Waals surface area contributed by atoms with Crippen LogP contribution in [0.1, 0.15) is 24.6 Å². The second kappa shape index (κ2) is 5.08. The van der Waals surface area contributed by atoms with Crippen LogP contribution in [-0.4, -0.2) is 18.6 Å². The van der Waals surface area contributed by atoms with Crippen LogP contribution in [-0.2, 0) is 0 Å². The SMILES string of the molecule is COc1ccc(-c2nc([C@@H]3CCCN3)cs2)cc1. The summed E-state index contributed by atoms with van der Waals surface area (Å²) in [7, 11) is 1.68. The molecule has 0 saturated carbocycles. The summed E-state index contributed by atoms with van der Waals surface area (Å²) in [5.41, 5.74) is 2.34. The van der Waals surface area contributed by atoms with Crippen molar-refractivity contribution in [3.05, 3.63) is 35.3 Å². The number of hydrogen-bond acceptors (Lipinski definition) is 4. The highest BCUT2D eigenvalue weighted by Gasteiger charge is 2.19. The Hall–Kier alpha value is -1.39. The van der Waals surface area contributed by atoms with Crippen LogP contribution in [0.5, 0.6) is 5.75 Å². The Bertz CT molecular complexity index is 515. The van der Waals surface area contributed by atoms with Crippen molar-refractivity contribution in [2.75, 3.05) is 13.7 Å². The van der Waals surface area contributed by atoms with E-state index in [1.54, 1.807) is 18.4 Å². The molecule has 2 aromatic rings. The van der Waals surface area contributed by atoms with Gasteiger partial charge in [-0.1, -0.05) is 0 Å². The molecule has 4 heteroatoms. The van der Waals surface area contributed by atoms with Gasteiger partial charge in [-0.3, -0.25) is 0 Å². The Balaban J connectivity index is 1.82. The molecule has 1 fully saturated rings. The quantitative estimate of drug-likeness (QED) is 0.920. The first-order valence-electron chi connectivity index (χ1n) is 6.20. The van der Waals surface area contributed by atoms with E-state index in [-0.39, 0.29) is 0 Å². The van der Waals surface area contributed by atoms with Gasteiger partial charge < -0.3 is 10.1 Å². The largest absolute Gasteiger partial charge is 0.497 e. The maximum atomic E-state index is 5.16. The molecule has 1 aliphatic rings. The van der Waals surface area contributed by atoms with E-state index in [2.05, 4.69) is 22.8 Å². The summed E-state index contributed by atoms with van der Waals surface area (Å²) in [6.07, 6.45) is 2.45. The van der Waals surface area contributed by atoms with E-state index in [9.17, 15) is 0 Å². The topological polar surface area (TPSA) is 34.1 Å². The van der Waals surface area contributed by atoms with E-state index in [1.165, 1.54) is 18.5 Å². The second-order valence-electron chi connectivity index (χ2n) is 4.45. The molecule has 0 spiro atoms. The maximum Gasteiger partial charge on any atom is 0.123 e. The summed E-state index contributed by atoms with van der Waals surface area (Å²) in [6, 6.07) is 8.52. The van der Waals surface area contributed by atoms with Crippen molar-refractivity contribution >= 4 is 11.3 Å². The number of nitrogens with zero attached hydrogens (tertiary/aromatic N) is 1. The lowest BCUT2D eigenvalue weighted by atomic mass is 10.2. The molecule has 18 heavy (non-hydrogen) atoms. The number of ether oxygens (including phenoxy) is 1. The van der Waals surface area contributed by atoms with Crippen LogP contribution in [0, 0.1) is 0 Å². The summed E-state index contributed by atoms with van der Waals surface area (Å²) < 4.78 is 5.16. The molecular formula is C14H16N2OS. The average molecular weight is 260 g/mol. The molecule has 2 heterocycles. The fourth-order valence-corrected chi connectivity index (χ4v) is 3.13. The number of rotatable bonds is 3. The molecule has 1 aliphatic heterocycles.